The Hall–Kier alpha value is -2.83. The molecule has 0 atom stereocenters. The summed E-state index contributed by atoms with van der Waals surface area (Å²) in [5, 5.41) is 19.9. The fraction of sp³-hybridized carbons (Fsp3) is 0.200. The number of imidazole rings is 1. The number of rotatable bonds is 2. The molecule has 0 amide bonds. The first-order valence-corrected chi connectivity index (χ1v) is 8.24. The summed E-state index contributed by atoms with van der Waals surface area (Å²) in [5.74, 6) is -0.0306. The Morgan fingerprint density at radius 2 is 1.96 bits per heavy atom. The maximum absolute atomic E-state index is 11.4. The van der Waals surface area contributed by atoms with E-state index >= 15 is 0 Å². The van der Waals surface area contributed by atoms with Crippen molar-refractivity contribution in [2.45, 2.75) is 18.7 Å². The molecule has 2 heterocycles. The van der Waals surface area contributed by atoms with Crippen molar-refractivity contribution in [2.75, 3.05) is 7.11 Å². The molecule has 24 heavy (non-hydrogen) atoms. The molecule has 0 spiro atoms. The van der Waals surface area contributed by atoms with Gasteiger partial charge in [0.25, 0.3) is 10.1 Å². The number of nitrogens with zero attached hydrogens (tertiary/aromatic N) is 3. The molecule has 0 aliphatic rings. The van der Waals surface area contributed by atoms with Crippen LogP contribution in [0.15, 0.2) is 17.0 Å². The molecule has 3 rings (SSSR count). The quantitative estimate of drug-likeness (QED) is 0.679. The van der Waals surface area contributed by atoms with Crippen LogP contribution in [0.1, 0.15) is 16.7 Å². The van der Waals surface area contributed by atoms with Crippen LogP contribution in [0.4, 0.5) is 0 Å². The number of ether oxygens (including phenoxy) is 1. The van der Waals surface area contributed by atoms with Gasteiger partial charge in [-0.15, -0.1) is 0 Å². The molecule has 9 heteroatoms. The number of nitriles is 1. The lowest BCUT2D eigenvalue weighted by Gasteiger charge is -2.11. The van der Waals surface area contributed by atoms with E-state index in [1.807, 2.05) is 6.07 Å². The zero-order valence-corrected chi connectivity index (χ0v) is 13.8. The van der Waals surface area contributed by atoms with Crippen molar-refractivity contribution < 1.29 is 22.8 Å². The molecule has 0 aliphatic carbocycles. The molecule has 1 aromatic carbocycles. The second-order valence-electron chi connectivity index (χ2n) is 5.30. The van der Waals surface area contributed by atoms with Crippen molar-refractivity contribution in [1.82, 2.24) is 9.38 Å². The minimum Gasteiger partial charge on any atom is -0.494 e. The Morgan fingerprint density at radius 1 is 1.29 bits per heavy atom. The standard InChI is InChI=1S/C15H13N3O5S/c1-7-8(2)15(19)18-13-11(17-14(18)10(7)6-16)4-9(24(20,21)22)5-12(13)23-3/h4-5,19H,1-3H3,(H,20,21,22). The third kappa shape index (κ3) is 2.08. The number of hydrogen-bond acceptors (Lipinski definition) is 6. The van der Waals surface area contributed by atoms with Crippen molar-refractivity contribution >= 4 is 26.8 Å². The second-order valence-corrected chi connectivity index (χ2v) is 6.72. The van der Waals surface area contributed by atoms with Crippen LogP contribution in [0.25, 0.3) is 16.7 Å². The Morgan fingerprint density at radius 3 is 2.50 bits per heavy atom. The van der Waals surface area contributed by atoms with E-state index < -0.39 is 10.1 Å². The van der Waals surface area contributed by atoms with Gasteiger partial charge in [-0.05, 0) is 25.5 Å². The van der Waals surface area contributed by atoms with Gasteiger partial charge in [0.05, 0.1) is 23.1 Å². The zero-order chi connectivity index (χ0) is 17.8. The summed E-state index contributed by atoms with van der Waals surface area (Å²) in [6.07, 6.45) is 0. The number of hydrogen-bond donors (Lipinski definition) is 2. The molecule has 2 aromatic heterocycles. The highest BCUT2D eigenvalue weighted by Crippen LogP contribution is 2.36. The summed E-state index contributed by atoms with van der Waals surface area (Å²) < 4.78 is 38.6. The molecule has 0 radical (unpaired) electrons. The predicted molar refractivity (Wildman–Crippen MR) is 84.9 cm³/mol. The Kier molecular flexibility index (Phi) is 3.40. The summed E-state index contributed by atoms with van der Waals surface area (Å²) in [5.41, 5.74) is 1.98. The molecule has 2 N–H and O–H groups in total. The molecule has 3 aromatic rings. The average molecular weight is 347 g/mol. The van der Waals surface area contributed by atoms with E-state index in [2.05, 4.69) is 4.98 Å². The molecule has 0 fully saturated rings. The van der Waals surface area contributed by atoms with E-state index in [4.69, 9.17) is 4.74 Å². The fourth-order valence-electron chi connectivity index (χ4n) is 2.65. The SMILES string of the molecule is COc1cc(S(=O)(=O)O)cc2nc3c(C#N)c(C)c(C)c(O)n3c12. The van der Waals surface area contributed by atoms with Crippen LogP contribution >= 0.6 is 0 Å². The maximum Gasteiger partial charge on any atom is 0.294 e. The Bertz CT molecular complexity index is 1160. The van der Waals surface area contributed by atoms with Crippen LogP contribution in [0, 0.1) is 25.2 Å². The summed E-state index contributed by atoms with van der Waals surface area (Å²) in [4.78, 5) is 3.87. The first-order chi connectivity index (χ1) is 11.2. The average Bonchev–Trinajstić information content (AvgIpc) is 2.90. The normalized spacial score (nSPS) is 11.8. The highest BCUT2D eigenvalue weighted by atomic mass is 32.2. The van der Waals surface area contributed by atoms with E-state index in [-0.39, 0.29) is 33.3 Å². The van der Waals surface area contributed by atoms with Gasteiger partial charge >= 0.3 is 0 Å². The van der Waals surface area contributed by atoms with E-state index in [9.17, 15) is 23.3 Å². The van der Waals surface area contributed by atoms with Gasteiger partial charge in [0, 0.05) is 11.6 Å². The largest absolute Gasteiger partial charge is 0.494 e. The topological polar surface area (TPSA) is 125 Å². The lowest BCUT2D eigenvalue weighted by Crippen LogP contribution is -2.00. The third-order valence-electron chi connectivity index (χ3n) is 4.03. The molecular weight excluding hydrogens is 334 g/mol. The van der Waals surface area contributed by atoms with Crippen LogP contribution in [0.3, 0.4) is 0 Å². The number of pyridine rings is 1. The van der Waals surface area contributed by atoms with Crippen LogP contribution in [-0.2, 0) is 10.1 Å². The third-order valence-corrected chi connectivity index (χ3v) is 4.86. The van der Waals surface area contributed by atoms with Crippen molar-refractivity contribution in [2.24, 2.45) is 0 Å². The van der Waals surface area contributed by atoms with Crippen LogP contribution < -0.4 is 4.74 Å². The van der Waals surface area contributed by atoms with Gasteiger partial charge in [0.15, 0.2) is 5.65 Å². The van der Waals surface area contributed by atoms with E-state index in [1.54, 1.807) is 13.8 Å². The molecule has 8 nitrogen and oxygen atoms in total. The molecule has 0 bridgehead atoms. The monoisotopic (exact) mass is 347 g/mol. The Balaban J connectivity index is 2.64. The number of aromatic hydroxyl groups is 1. The lowest BCUT2D eigenvalue weighted by atomic mass is 10.1. The summed E-state index contributed by atoms with van der Waals surface area (Å²) in [7, 11) is -3.14. The summed E-state index contributed by atoms with van der Waals surface area (Å²) >= 11 is 0. The predicted octanol–water partition coefficient (Wildman–Crippen LogP) is 1.94. The molecule has 0 aliphatic heterocycles. The lowest BCUT2D eigenvalue weighted by molar-refractivity contribution is 0.413. The van der Waals surface area contributed by atoms with Gasteiger partial charge in [0.1, 0.15) is 17.3 Å². The van der Waals surface area contributed by atoms with Gasteiger partial charge in [-0.25, -0.2) is 4.98 Å². The highest BCUT2D eigenvalue weighted by Gasteiger charge is 2.23. The zero-order valence-electron chi connectivity index (χ0n) is 13.0. The van der Waals surface area contributed by atoms with Crippen LogP contribution in [0.5, 0.6) is 11.6 Å². The van der Waals surface area contributed by atoms with Gasteiger partial charge < -0.3 is 9.84 Å². The first-order valence-electron chi connectivity index (χ1n) is 6.80. The Labute approximate surface area is 137 Å². The van der Waals surface area contributed by atoms with Gasteiger partial charge in [-0.3, -0.25) is 8.95 Å². The van der Waals surface area contributed by atoms with Crippen molar-refractivity contribution in [1.29, 1.82) is 5.26 Å². The minimum atomic E-state index is -4.46. The summed E-state index contributed by atoms with van der Waals surface area (Å²) in [6, 6.07) is 4.34. The van der Waals surface area contributed by atoms with E-state index in [0.29, 0.717) is 16.6 Å². The van der Waals surface area contributed by atoms with Crippen molar-refractivity contribution in [3.8, 4) is 17.7 Å². The number of benzene rings is 1. The second kappa shape index (κ2) is 5.09. The summed E-state index contributed by atoms with van der Waals surface area (Å²) in [6.45, 7) is 3.35. The molecule has 124 valence electrons. The van der Waals surface area contributed by atoms with E-state index in [0.717, 1.165) is 12.1 Å². The highest BCUT2D eigenvalue weighted by molar-refractivity contribution is 7.85. The number of aromatic nitrogens is 2. The molecular formula is C15H13N3O5S. The smallest absolute Gasteiger partial charge is 0.294 e. The number of methoxy groups -OCH3 is 1. The van der Waals surface area contributed by atoms with Gasteiger partial charge in [0.2, 0.25) is 5.88 Å². The molecule has 0 saturated carbocycles. The minimum absolute atomic E-state index is 0.0927. The first kappa shape index (κ1) is 16.0. The van der Waals surface area contributed by atoms with Gasteiger partial charge in [-0.1, -0.05) is 0 Å². The van der Waals surface area contributed by atoms with Crippen LogP contribution in [0.2, 0.25) is 0 Å². The van der Waals surface area contributed by atoms with Crippen LogP contribution in [-0.4, -0.2) is 34.6 Å². The number of fused-ring (bicyclic) bond motifs is 3. The van der Waals surface area contributed by atoms with Crippen molar-refractivity contribution in [3.05, 3.63) is 28.8 Å². The maximum atomic E-state index is 11.4. The van der Waals surface area contributed by atoms with Crippen molar-refractivity contribution in [3.63, 3.8) is 0 Å². The molecule has 0 unspecified atom stereocenters. The van der Waals surface area contributed by atoms with Gasteiger partial charge in [-0.2, -0.15) is 13.7 Å². The molecule has 0 saturated heterocycles. The van der Waals surface area contributed by atoms with E-state index in [1.165, 1.54) is 11.5 Å². The fourth-order valence-corrected chi connectivity index (χ4v) is 3.17.